The fourth-order valence-electron chi connectivity index (χ4n) is 2.37. The molecular formula is C21H34O4. The highest BCUT2D eigenvalue weighted by Gasteiger charge is 2.16. The van der Waals surface area contributed by atoms with Crippen molar-refractivity contribution in [1.29, 1.82) is 0 Å². The topological polar surface area (TPSA) is 77.8 Å². The molecule has 1 aromatic carbocycles. The smallest absolute Gasteiger partial charge is 0.327 e. The van der Waals surface area contributed by atoms with Gasteiger partial charge in [0.25, 0.3) is 0 Å². The average Bonchev–Trinajstić information content (AvgIpc) is 2.55. The summed E-state index contributed by atoms with van der Waals surface area (Å²) in [4.78, 5) is 9.25. The van der Waals surface area contributed by atoms with Gasteiger partial charge in [0.15, 0.2) is 0 Å². The van der Waals surface area contributed by atoms with E-state index in [4.69, 9.17) is 5.11 Å². The number of aromatic hydroxyl groups is 2. The third-order valence-electron chi connectivity index (χ3n) is 3.40. The lowest BCUT2D eigenvalue weighted by Gasteiger charge is -2.16. The maximum atomic E-state index is 10.0. The van der Waals surface area contributed by atoms with Crippen molar-refractivity contribution in [2.75, 3.05) is 0 Å². The van der Waals surface area contributed by atoms with Crippen molar-refractivity contribution in [2.24, 2.45) is 0 Å². The predicted molar refractivity (Wildman–Crippen MR) is 105 cm³/mol. The van der Waals surface area contributed by atoms with Gasteiger partial charge in [-0.1, -0.05) is 52.3 Å². The van der Waals surface area contributed by atoms with Crippen LogP contribution in [-0.4, -0.2) is 21.3 Å². The average molecular weight is 350 g/mol. The van der Waals surface area contributed by atoms with Gasteiger partial charge in [-0.3, -0.25) is 0 Å². The number of phenolic OH excluding ortho intramolecular Hbond substituents is 2. The monoisotopic (exact) mass is 350 g/mol. The minimum absolute atomic E-state index is 0.0807. The summed E-state index contributed by atoms with van der Waals surface area (Å²) >= 11 is 0. The van der Waals surface area contributed by atoms with Crippen LogP contribution in [0.2, 0.25) is 0 Å². The molecule has 1 unspecified atom stereocenters. The van der Waals surface area contributed by atoms with Crippen LogP contribution in [0.15, 0.2) is 36.4 Å². The van der Waals surface area contributed by atoms with Crippen LogP contribution in [0.1, 0.15) is 70.9 Å². The molecule has 4 heteroatoms. The molecule has 0 spiro atoms. The lowest BCUT2D eigenvalue weighted by molar-refractivity contribution is -0.131. The summed E-state index contributed by atoms with van der Waals surface area (Å²) in [6.07, 6.45) is 6.04. The molecule has 0 aliphatic carbocycles. The molecule has 0 aliphatic rings. The number of carboxylic acids is 1. The first kappa shape index (κ1) is 25.0. The number of benzene rings is 1. The van der Waals surface area contributed by atoms with Crippen LogP contribution < -0.4 is 0 Å². The Morgan fingerprint density at radius 3 is 1.96 bits per heavy atom. The highest BCUT2D eigenvalue weighted by Crippen LogP contribution is 2.38. The molecule has 4 nitrogen and oxygen atoms in total. The first-order valence-electron chi connectivity index (χ1n) is 8.81. The van der Waals surface area contributed by atoms with E-state index >= 15 is 0 Å². The lowest BCUT2D eigenvalue weighted by atomic mass is 9.91. The summed E-state index contributed by atoms with van der Waals surface area (Å²) in [5.74, 6) is -0.512. The van der Waals surface area contributed by atoms with Crippen molar-refractivity contribution >= 4 is 5.97 Å². The molecule has 0 fully saturated rings. The van der Waals surface area contributed by atoms with Crippen molar-refractivity contribution in [1.82, 2.24) is 0 Å². The van der Waals surface area contributed by atoms with Crippen molar-refractivity contribution in [3.05, 3.63) is 47.6 Å². The Hall–Kier alpha value is -2.23. The van der Waals surface area contributed by atoms with Gasteiger partial charge in [0.05, 0.1) is 0 Å². The first-order chi connectivity index (χ1) is 11.8. The van der Waals surface area contributed by atoms with E-state index in [-0.39, 0.29) is 17.4 Å². The molecule has 0 aliphatic heterocycles. The number of hydrogen-bond acceptors (Lipinski definition) is 3. The largest absolute Gasteiger partial charge is 0.507 e. The Labute approximate surface area is 152 Å². The molecule has 3 N–H and O–H groups in total. The van der Waals surface area contributed by atoms with E-state index in [0.717, 1.165) is 30.9 Å². The Morgan fingerprint density at radius 1 is 1.20 bits per heavy atom. The van der Waals surface area contributed by atoms with E-state index in [1.54, 1.807) is 12.1 Å². The van der Waals surface area contributed by atoms with Crippen molar-refractivity contribution in [3.8, 4) is 11.5 Å². The minimum Gasteiger partial charge on any atom is -0.507 e. The minimum atomic E-state index is -0.981. The van der Waals surface area contributed by atoms with Gasteiger partial charge in [-0.25, -0.2) is 4.79 Å². The van der Waals surface area contributed by atoms with Gasteiger partial charge in [0.2, 0.25) is 0 Å². The van der Waals surface area contributed by atoms with Crippen LogP contribution in [-0.2, 0) is 4.79 Å². The molecule has 25 heavy (non-hydrogen) atoms. The number of phenols is 2. The van der Waals surface area contributed by atoms with E-state index in [1.165, 1.54) is 5.57 Å². The Balaban J connectivity index is 0. The summed E-state index contributed by atoms with van der Waals surface area (Å²) in [6.45, 7) is 15.2. The lowest BCUT2D eigenvalue weighted by Crippen LogP contribution is -1.97. The first-order valence-corrected chi connectivity index (χ1v) is 8.81. The summed E-state index contributed by atoms with van der Waals surface area (Å²) in [5, 5.41) is 27.7. The number of aliphatic carboxylic acids is 1. The quantitative estimate of drug-likeness (QED) is 0.439. The molecule has 0 saturated carbocycles. The zero-order chi connectivity index (χ0) is 20.0. The molecule has 1 rings (SSSR count). The number of carboxylic acid groups (broad SMARTS) is 1. The molecule has 1 aromatic rings. The number of rotatable bonds is 6. The van der Waals surface area contributed by atoms with Gasteiger partial charge >= 0.3 is 5.97 Å². The van der Waals surface area contributed by atoms with E-state index in [0.29, 0.717) is 5.56 Å². The fourth-order valence-corrected chi connectivity index (χ4v) is 2.37. The van der Waals surface area contributed by atoms with Crippen molar-refractivity contribution < 1.29 is 20.1 Å². The van der Waals surface area contributed by atoms with Gasteiger partial charge in [-0.15, -0.1) is 0 Å². The van der Waals surface area contributed by atoms with Gasteiger partial charge in [-0.2, -0.15) is 0 Å². The van der Waals surface area contributed by atoms with E-state index in [9.17, 15) is 15.0 Å². The van der Waals surface area contributed by atoms with Crippen molar-refractivity contribution in [2.45, 2.75) is 66.7 Å². The zero-order valence-corrected chi connectivity index (χ0v) is 16.5. The third-order valence-corrected chi connectivity index (χ3v) is 3.40. The second-order valence-corrected chi connectivity index (χ2v) is 5.54. The highest BCUT2D eigenvalue weighted by molar-refractivity contribution is 5.78. The molecule has 0 aromatic heterocycles. The van der Waals surface area contributed by atoms with Gasteiger partial charge in [0.1, 0.15) is 11.5 Å². The summed E-state index contributed by atoms with van der Waals surface area (Å²) < 4.78 is 0. The molecule has 0 bridgehead atoms. The van der Waals surface area contributed by atoms with Gasteiger partial charge in [-0.05, 0) is 44.4 Å². The van der Waals surface area contributed by atoms with E-state index < -0.39 is 5.97 Å². The van der Waals surface area contributed by atoms with Gasteiger partial charge in [0, 0.05) is 17.6 Å². The number of carbonyl (C=O) groups is 1. The zero-order valence-electron chi connectivity index (χ0n) is 16.5. The Morgan fingerprint density at radius 2 is 1.64 bits per heavy atom. The van der Waals surface area contributed by atoms with Crippen LogP contribution in [0, 0.1) is 6.92 Å². The van der Waals surface area contributed by atoms with Crippen LogP contribution in [0.4, 0.5) is 0 Å². The highest BCUT2D eigenvalue weighted by atomic mass is 16.4. The van der Waals surface area contributed by atoms with E-state index in [2.05, 4.69) is 33.4 Å². The maximum Gasteiger partial charge on any atom is 0.327 e. The molecule has 0 saturated heterocycles. The standard InChI is InChI=1S/C16H24O2.C3H4O2.C2H6/c1-5-7-11(3)8-13(6-2)16-14(17)9-12(4)10-15(16)18;1-2-3(4)5;1-2/h8-10,13,17-18H,5-7H2,1-4H3;2H,1H2,(H,4,5);1-2H3/b11-8-;;. The van der Waals surface area contributed by atoms with Crippen molar-refractivity contribution in [3.63, 3.8) is 0 Å². The van der Waals surface area contributed by atoms with E-state index in [1.807, 2.05) is 20.8 Å². The molecule has 0 amide bonds. The third kappa shape index (κ3) is 10.3. The van der Waals surface area contributed by atoms with Crippen LogP contribution in [0.5, 0.6) is 11.5 Å². The second-order valence-electron chi connectivity index (χ2n) is 5.54. The predicted octanol–water partition coefficient (Wildman–Crippen LogP) is 5.93. The fraction of sp³-hybridized carbons (Fsp3) is 0.476. The molecule has 142 valence electrons. The molecule has 0 heterocycles. The van der Waals surface area contributed by atoms with Crippen LogP contribution >= 0.6 is 0 Å². The molecule has 1 atom stereocenters. The number of aryl methyl sites for hydroxylation is 1. The summed E-state index contributed by atoms with van der Waals surface area (Å²) in [7, 11) is 0. The van der Waals surface area contributed by atoms with Crippen LogP contribution in [0.25, 0.3) is 0 Å². The summed E-state index contributed by atoms with van der Waals surface area (Å²) in [6, 6.07) is 3.42. The molecular weight excluding hydrogens is 316 g/mol. The summed E-state index contributed by atoms with van der Waals surface area (Å²) in [5.41, 5.74) is 2.83. The van der Waals surface area contributed by atoms with Crippen LogP contribution in [0.3, 0.4) is 0 Å². The number of allylic oxidation sites excluding steroid dienone is 2. The Kier molecular flexibility index (Phi) is 14.2. The Bertz CT molecular complexity index is 536. The maximum absolute atomic E-state index is 10.0. The normalized spacial score (nSPS) is 11.4. The second kappa shape index (κ2) is 14.1. The number of hydrogen-bond donors (Lipinski definition) is 3. The SMILES string of the molecule is C=CC(=O)O.CC.CCC/C(C)=C\C(CC)c1c(O)cc(C)cc1O. The molecule has 0 radical (unpaired) electrons. The van der Waals surface area contributed by atoms with Gasteiger partial charge < -0.3 is 15.3 Å².